The second kappa shape index (κ2) is 15.0. The summed E-state index contributed by atoms with van der Waals surface area (Å²) in [6.07, 6.45) is 5.64. The van der Waals surface area contributed by atoms with E-state index in [1.54, 1.807) is 23.1 Å². The van der Waals surface area contributed by atoms with Crippen molar-refractivity contribution in [2.45, 2.75) is 23.8 Å². The van der Waals surface area contributed by atoms with E-state index in [9.17, 15) is 24.3 Å². The zero-order chi connectivity index (χ0) is 30.1. The van der Waals surface area contributed by atoms with E-state index >= 15 is 0 Å². The summed E-state index contributed by atoms with van der Waals surface area (Å²) in [6.45, 7) is 0.321. The number of thioether (sulfide) groups is 1. The molecule has 3 rings (SSSR count). The fourth-order valence-corrected chi connectivity index (χ4v) is 5.40. The highest BCUT2D eigenvalue weighted by molar-refractivity contribution is 7.98. The molecule has 10 nitrogen and oxygen atoms in total. The molecular weight excluding hydrogens is 593 g/mol. The Morgan fingerprint density at radius 2 is 1.80 bits per heavy atom. The lowest BCUT2D eigenvalue weighted by Gasteiger charge is -2.31. The Morgan fingerprint density at radius 1 is 1.10 bits per heavy atom. The van der Waals surface area contributed by atoms with Crippen LogP contribution in [0.15, 0.2) is 41.3 Å². The molecule has 1 unspecified atom stereocenters. The summed E-state index contributed by atoms with van der Waals surface area (Å²) in [4.78, 5) is 52.4. The van der Waals surface area contributed by atoms with Crippen LogP contribution in [0.4, 0.5) is 0 Å². The maximum absolute atomic E-state index is 12.8. The smallest absolute Gasteiger partial charge is 0.328 e. The number of nitrogens with one attached hydrogen (secondary N) is 2. The van der Waals surface area contributed by atoms with Crippen molar-refractivity contribution in [2.75, 3.05) is 40.1 Å². The molecule has 1 heterocycles. The predicted octanol–water partition coefficient (Wildman–Crippen LogP) is 3.98. The molecule has 0 spiro atoms. The summed E-state index contributed by atoms with van der Waals surface area (Å²) in [6, 6.07) is 6.89. The molecule has 1 aliphatic heterocycles. The predicted molar refractivity (Wildman–Crippen MR) is 158 cm³/mol. The van der Waals surface area contributed by atoms with E-state index in [1.807, 2.05) is 12.3 Å². The minimum atomic E-state index is -1.34. The topological polar surface area (TPSA) is 134 Å². The second-order valence-electron chi connectivity index (χ2n) is 9.09. The number of piperidine rings is 1. The van der Waals surface area contributed by atoms with Crippen molar-refractivity contribution in [1.82, 2.24) is 15.5 Å². The Morgan fingerprint density at radius 3 is 2.41 bits per heavy atom. The van der Waals surface area contributed by atoms with Crippen molar-refractivity contribution in [3.8, 4) is 11.5 Å². The minimum Gasteiger partial charge on any atom is -0.497 e. The van der Waals surface area contributed by atoms with Crippen LogP contribution in [-0.2, 0) is 14.4 Å². The van der Waals surface area contributed by atoms with Gasteiger partial charge in [0.1, 0.15) is 17.5 Å². The fourth-order valence-electron chi connectivity index (χ4n) is 4.23. The second-order valence-corrected chi connectivity index (χ2v) is 10.7. The highest BCUT2D eigenvalue weighted by atomic mass is 35.5. The molecule has 1 fully saturated rings. The first-order chi connectivity index (χ1) is 19.6. The van der Waals surface area contributed by atoms with Gasteiger partial charge in [-0.05, 0) is 48.9 Å². The number of aliphatic carboxylic acids is 1. The van der Waals surface area contributed by atoms with Gasteiger partial charge >= 0.3 is 5.97 Å². The van der Waals surface area contributed by atoms with Crippen molar-refractivity contribution < 1.29 is 33.8 Å². The van der Waals surface area contributed by atoms with Crippen LogP contribution in [0, 0.1) is 5.92 Å². The van der Waals surface area contributed by atoms with Crippen LogP contribution in [0.3, 0.4) is 0 Å². The van der Waals surface area contributed by atoms with E-state index in [1.165, 1.54) is 44.2 Å². The Bertz CT molecular complexity index is 1330. The molecule has 3 N–H and O–H groups in total. The van der Waals surface area contributed by atoms with Crippen molar-refractivity contribution in [1.29, 1.82) is 0 Å². The van der Waals surface area contributed by atoms with Crippen LogP contribution in [0.25, 0.3) is 6.08 Å². The van der Waals surface area contributed by atoms with Crippen LogP contribution in [-0.4, -0.2) is 79.8 Å². The number of carboxylic acids is 1. The van der Waals surface area contributed by atoms with Crippen LogP contribution in [0.1, 0.15) is 28.8 Å². The van der Waals surface area contributed by atoms with E-state index in [4.69, 9.17) is 32.7 Å². The number of hydrogen-bond acceptors (Lipinski definition) is 7. The van der Waals surface area contributed by atoms with Gasteiger partial charge in [0.2, 0.25) is 11.8 Å². The summed E-state index contributed by atoms with van der Waals surface area (Å²) < 4.78 is 10.3. The average Bonchev–Trinajstić information content (AvgIpc) is 2.99. The van der Waals surface area contributed by atoms with Gasteiger partial charge in [-0.2, -0.15) is 0 Å². The van der Waals surface area contributed by atoms with E-state index < -0.39 is 29.7 Å². The molecule has 0 bridgehead atoms. The highest BCUT2D eigenvalue weighted by Crippen LogP contribution is 2.35. The van der Waals surface area contributed by atoms with Gasteiger partial charge < -0.3 is 30.1 Å². The molecule has 0 saturated carbocycles. The number of carbonyl (C=O) groups excluding carboxylic acids is 3. The van der Waals surface area contributed by atoms with Gasteiger partial charge in [-0.1, -0.05) is 29.3 Å². The molecule has 2 aromatic carbocycles. The van der Waals surface area contributed by atoms with Gasteiger partial charge in [0.25, 0.3) is 5.91 Å². The van der Waals surface area contributed by atoms with Gasteiger partial charge in [-0.25, -0.2) is 4.79 Å². The molecule has 1 aliphatic rings. The van der Waals surface area contributed by atoms with Gasteiger partial charge in [0, 0.05) is 42.6 Å². The quantitative estimate of drug-likeness (QED) is 0.253. The monoisotopic (exact) mass is 623 g/mol. The number of carboxylic acid groups (broad SMARTS) is 1. The van der Waals surface area contributed by atoms with Crippen molar-refractivity contribution in [3.05, 3.63) is 57.6 Å². The molecule has 3 amide bonds. The van der Waals surface area contributed by atoms with Gasteiger partial charge in [0.15, 0.2) is 0 Å². The van der Waals surface area contributed by atoms with Crippen LogP contribution in [0.2, 0.25) is 10.0 Å². The Balaban J connectivity index is 1.52. The molecular formula is C28H31Cl2N3O7S. The first-order valence-electron chi connectivity index (χ1n) is 12.6. The number of benzene rings is 2. The third kappa shape index (κ3) is 8.31. The molecule has 13 heteroatoms. The van der Waals surface area contributed by atoms with Crippen molar-refractivity contribution >= 4 is 64.7 Å². The first-order valence-corrected chi connectivity index (χ1v) is 14.6. The number of carbonyl (C=O) groups is 4. The number of likely N-dealkylation sites (tertiary alicyclic amines) is 1. The van der Waals surface area contributed by atoms with E-state index in [0.717, 1.165) is 4.90 Å². The van der Waals surface area contributed by atoms with Crippen molar-refractivity contribution in [2.24, 2.45) is 5.92 Å². The lowest BCUT2D eigenvalue weighted by atomic mass is 9.95. The standard InChI is InChI=1S/C28H31Cl2N3O7S/c1-39-18-6-7-19(21(14-18)40-2)27(36)31-15-20(28(37)38)32-26(35)17-10-12-33(13-11-17)23(34)9-5-16-4-8-22(41-3)25(30)24(16)29/h4-9,14,17,20H,10-13,15H2,1-3H3,(H,31,36)(H,32,35)(H,37,38). The minimum absolute atomic E-state index is 0.192. The maximum Gasteiger partial charge on any atom is 0.328 e. The number of amides is 3. The summed E-state index contributed by atoms with van der Waals surface area (Å²) in [5.41, 5.74) is 0.812. The summed E-state index contributed by atoms with van der Waals surface area (Å²) in [5, 5.41) is 15.4. The van der Waals surface area contributed by atoms with Gasteiger partial charge in [-0.3, -0.25) is 14.4 Å². The average molecular weight is 625 g/mol. The number of ether oxygens (including phenoxy) is 2. The molecule has 1 saturated heterocycles. The highest BCUT2D eigenvalue weighted by Gasteiger charge is 2.30. The molecule has 41 heavy (non-hydrogen) atoms. The van der Waals surface area contributed by atoms with Crippen LogP contribution < -0.4 is 20.1 Å². The van der Waals surface area contributed by atoms with Crippen LogP contribution in [0.5, 0.6) is 11.5 Å². The molecule has 0 aliphatic carbocycles. The van der Waals surface area contributed by atoms with Gasteiger partial charge in [0.05, 0.1) is 29.8 Å². The summed E-state index contributed by atoms with van der Waals surface area (Å²) in [5.74, 6) is -2.26. The van der Waals surface area contributed by atoms with E-state index in [2.05, 4.69) is 10.6 Å². The van der Waals surface area contributed by atoms with Gasteiger partial charge in [-0.15, -0.1) is 11.8 Å². The van der Waals surface area contributed by atoms with Crippen LogP contribution >= 0.6 is 35.0 Å². The maximum atomic E-state index is 12.8. The lowest BCUT2D eigenvalue weighted by Crippen LogP contribution is -2.51. The fraction of sp³-hybridized carbons (Fsp3) is 0.357. The molecule has 2 aromatic rings. The number of rotatable bonds is 11. The molecule has 0 radical (unpaired) electrons. The van der Waals surface area contributed by atoms with E-state index in [-0.39, 0.29) is 23.8 Å². The largest absolute Gasteiger partial charge is 0.497 e. The normalized spacial score (nSPS) is 14.4. The number of methoxy groups -OCH3 is 2. The Hall–Kier alpha value is -3.41. The molecule has 0 aromatic heterocycles. The Kier molecular flexibility index (Phi) is 11.7. The zero-order valence-corrected chi connectivity index (χ0v) is 25.1. The third-order valence-electron chi connectivity index (χ3n) is 6.61. The summed E-state index contributed by atoms with van der Waals surface area (Å²) in [7, 11) is 2.88. The number of halogens is 2. The number of nitrogens with zero attached hydrogens (tertiary/aromatic N) is 1. The zero-order valence-electron chi connectivity index (χ0n) is 22.7. The SMILES string of the molecule is COc1ccc(C(=O)NCC(NC(=O)C2CCN(C(=O)C=Cc3ccc(SC)c(Cl)c3Cl)CC2)C(=O)O)c(OC)c1. The van der Waals surface area contributed by atoms with E-state index in [0.29, 0.717) is 47.3 Å². The third-order valence-corrected chi connectivity index (χ3v) is 8.40. The number of hydrogen-bond donors (Lipinski definition) is 3. The summed E-state index contributed by atoms with van der Waals surface area (Å²) >= 11 is 14.1. The first kappa shape index (κ1) is 32.1. The Labute approximate surface area is 252 Å². The molecule has 1 atom stereocenters. The van der Waals surface area contributed by atoms with Crippen molar-refractivity contribution in [3.63, 3.8) is 0 Å². The molecule has 220 valence electrons. The lowest BCUT2D eigenvalue weighted by molar-refractivity contribution is -0.142.